The highest BCUT2D eigenvalue weighted by Crippen LogP contribution is 2.30. The van der Waals surface area contributed by atoms with Gasteiger partial charge in [0.1, 0.15) is 6.04 Å². The summed E-state index contributed by atoms with van der Waals surface area (Å²) in [5.41, 5.74) is -0.937. The molecular weight excluding hydrogens is 463 g/mol. The minimum atomic E-state index is -4.56. The summed E-state index contributed by atoms with van der Waals surface area (Å²) in [4.78, 5) is 26.5. The Kier molecular flexibility index (Phi) is 7.17. The molecule has 2 heterocycles. The minimum Gasteiger partial charge on any atom is -0.459 e. The van der Waals surface area contributed by atoms with Gasteiger partial charge in [-0.2, -0.15) is 17.5 Å². The van der Waals surface area contributed by atoms with E-state index in [0.29, 0.717) is 0 Å². The van der Waals surface area contributed by atoms with Crippen molar-refractivity contribution in [1.29, 1.82) is 0 Å². The van der Waals surface area contributed by atoms with Gasteiger partial charge in [0.25, 0.3) is 5.91 Å². The van der Waals surface area contributed by atoms with Crippen molar-refractivity contribution in [1.82, 2.24) is 14.5 Å². The summed E-state index contributed by atoms with van der Waals surface area (Å²) in [6, 6.07) is 5.49. The third-order valence-electron chi connectivity index (χ3n) is 5.33. The van der Waals surface area contributed by atoms with Crippen LogP contribution in [0.4, 0.5) is 13.2 Å². The number of hydrogen-bond acceptors (Lipinski definition) is 5. The van der Waals surface area contributed by atoms with Crippen molar-refractivity contribution in [2.45, 2.75) is 31.0 Å². The first-order valence-corrected chi connectivity index (χ1v) is 11.7. The SMILES string of the molecule is CC(C)[C@H](NC(=O)c1ccco1)C(=O)N1CCN(S(=O)(=O)c2ccc(C(F)(F)F)cc2)CC1. The quantitative estimate of drug-likeness (QED) is 0.675. The summed E-state index contributed by atoms with van der Waals surface area (Å²) in [6.45, 7) is 3.67. The van der Waals surface area contributed by atoms with Gasteiger partial charge in [-0.05, 0) is 42.3 Å². The summed E-state index contributed by atoms with van der Waals surface area (Å²) in [5.74, 6) is -1.04. The molecule has 1 N–H and O–H groups in total. The van der Waals surface area contributed by atoms with Gasteiger partial charge >= 0.3 is 6.18 Å². The van der Waals surface area contributed by atoms with Gasteiger partial charge in [0.15, 0.2) is 5.76 Å². The highest BCUT2D eigenvalue weighted by molar-refractivity contribution is 7.89. The molecule has 12 heteroatoms. The van der Waals surface area contributed by atoms with E-state index < -0.39 is 33.7 Å². The van der Waals surface area contributed by atoms with Crippen LogP contribution >= 0.6 is 0 Å². The Labute approximate surface area is 189 Å². The second kappa shape index (κ2) is 9.56. The lowest BCUT2D eigenvalue weighted by Gasteiger charge is -2.36. The first-order chi connectivity index (χ1) is 15.4. The molecule has 0 spiro atoms. The van der Waals surface area contributed by atoms with Crippen LogP contribution in [0.15, 0.2) is 52.0 Å². The van der Waals surface area contributed by atoms with E-state index in [0.717, 1.165) is 28.6 Å². The number of hydrogen-bond donors (Lipinski definition) is 1. The lowest BCUT2D eigenvalue weighted by Crippen LogP contribution is -2.57. The van der Waals surface area contributed by atoms with Gasteiger partial charge in [0, 0.05) is 26.2 Å². The second-order valence-corrected chi connectivity index (χ2v) is 9.86. The summed E-state index contributed by atoms with van der Waals surface area (Å²) in [7, 11) is -4.01. The van der Waals surface area contributed by atoms with Crippen molar-refractivity contribution in [3.8, 4) is 0 Å². The molecule has 0 bridgehead atoms. The number of carbonyl (C=O) groups is 2. The lowest BCUT2D eigenvalue weighted by atomic mass is 10.0. The standard InChI is InChI=1S/C21H24F3N3O5S/c1-14(2)18(25-19(28)17-4-3-13-32-17)20(29)26-9-11-27(12-10-26)33(30,31)16-7-5-15(6-8-16)21(22,23)24/h3-8,13-14,18H,9-12H2,1-2H3,(H,25,28)/t18-/m0/s1. The molecule has 1 atom stereocenters. The molecule has 0 radical (unpaired) electrons. The average Bonchev–Trinajstić information content (AvgIpc) is 3.31. The predicted molar refractivity (Wildman–Crippen MR) is 112 cm³/mol. The van der Waals surface area contributed by atoms with E-state index >= 15 is 0 Å². The Morgan fingerprint density at radius 3 is 2.12 bits per heavy atom. The Morgan fingerprint density at radius 1 is 1.03 bits per heavy atom. The minimum absolute atomic E-state index is 0.0218. The number of alkyl halides is 3. The van der Waals surface area contributed by atoms with Crippen molar-refractivity contribution in [3.05, 3.63) is 54.0 Å². The first-order valence-electron chi connectivity index (χ1n) is 10.2. The van der Waals surface area contributed by atoms with Crippen molar-refractivity contribution in [2.24, 2.45) is 5.92 Å². The zero-order valence-electron chi connectivity index (χ0n) is 18.0. The van der Waals surface area contributed by atoms with Gasteiger partial charge in [-0.1, -0.05) is 13.8 Å². The number of carbonyl (C=O) groups excluding carboxylic acids is 2. The first kappa shape index (κ1) is 24.8. The average molecular weight is 488 g/mol. The topological polar surface area (TPSA) is 99.9 Å². The van der Waals surface area contributed by atoms with Gasteiger partial charge in [0.05, 0.1) is 16.7 Å². The fourth-order valence-electron chi connectivity index (χ4n) is 3.44. The van der Waals surface area contributed by atoms with E-state index in [1.54, 1.807) is 19.9 Å². The van der Waals surface area contributed by atoms with E-state index in [1.165, 1.54) is 17.2 Å². The number of nitrogens with one attached hydrogen (secondary N) is 1. The smallest absolute Gasteiger partial charge is 0.416 e. The molecule has 0 saturated carbocycles. The van der Waals surface area contributed by atoms with Crippen molar-refractivity contribution in [3.63, 3.8) is 0 Å². The highest BCUT2D eigenvalue weighted by atomic mass is 32.2. The molecule has 1 aliphatic rings. The monoisotopic (exact) mass is 487 g/mol. The maximum atomic E-state index is 13.0. The summed E-state index contributed by atoms with van der Waals surface area (Å²) < 4.78 is 70.0. The van der Waals surface area contributed by atoms with Gasteiger partial charge in [-0.3, -0.25) is 9.59 Å². The van der Waals surface area contributed by atoms with Gasteiger partial charge in [-0.25, -0.2) is 8.42 Å². The summed E-state index contributed by atoms with van der Waals surface area (Å²) in [5, 5.41) is 2.65. The summed E-state index contributed by atoms with van der Waals surface area (Å²) >= 11 is 0. The van der Waals surface area contributed by atoms with E-state index in [9.17, 15) is 31.2 Å². The van der Waals surface area contributed by atoms with Crippen molar-refractivity contribution < 1.29 is 35.6 Å². The zero-order valence-corrected chi connectivity index (χ0v) is 18.8. The number of rotatable bonds is 6. The second-order valence-electron chi connectivity index (χ2n) is 7.92. The zero-order chi connectivity index (χ0) is 24.4. The third-order valence-corrected chi connectivity index (χ3v) is 7.25. The van der Waals surface area contributed by atoms with Crippen LogP contribution in [0.25, 0.3) is 0 Å². The van der Waals surface area contributed by atoms with Gasteiger partial charge < -0.3 is 14.6 Å². The molecule has 0 aliphatic carbocycles. The van der Waals surface area contributed by atoms with Crippen LogP contribution in [0.3, 0.4) is 0 Å². The molecule has 3 rings (SSSR count). The Morgan fingerprint density at radius 2 is 1.64 bits per heavy atom. The maximum Gasteiger partial charge on any atom is 0.416 e. The molecule has 1 aliphatic heterocycles. The number of furan rings is 1. The molecule has 180 valence electrons. The third kappa shape index (κ3) is 5.56. The number of sulfonamides is 1. The molecule has 0 unspecified atom stereocenters. The fraction of sp³-hybridized carbons (Fsp3) is 0.429. The molecule has 1 fully saturated rings. The number of piperazine rings is 1. The number of amides is 2. The summed E-state index contributed by atoms with van der Waals surface area (Å²) in [6.07, 6.45) is -3.22. The van der Waals surface area contributed by atoms with Crippen LogP contribution in [-0.4, -0.2) is 61.7 Å². The van der Waals surface area contributed by atoms with E-state index in [1.807, 2.05) is 0 Å². The number of benzene rings is 1. The molecule has 8 nitrogen and oxygen atoms in total. The largest absolute Gasteiger partial charge is 0.459 e. The molecular formula is C21H24F3N3O5S. The van der Waals surface area contributed by atoms with E-state index in [-0.39, 0.29) is 48.7 Å². The Bertz CT molecular complexity index is 1080. The molecule has 33 heavy (non-hydrogen) atoms. The fourth-order valence-corrected chi connectivity index (χ4v) is 4.87. The van der Waals surface area contributed by atoms with E-state index in [4.69, 9.17) is 4.42 Å². The van der Waals surface area contributed by atoms with Gasteiger partial charge in [0.2, 0.25) is 15.9 Å². The van der Waals surface area contributed by atoms with Gasteiger partial charge in [-0.15, -0.1) is 0 Å². The van der Waals surface area contributed by atoms with Crippen molar-refractivity contribution >= 4 is 21.8 Å². The predicted octanol–water partition coefficient (Wildman–Crippen LogP) is 2.59. The van der Waals surface area contributed by atoms with E-state index in [2.05, 4.69) is 5.32 Å². The number of halogens is 3. The van der Waals surface area contributed by atoms with Crippen LogP contribution in [0, 0.1) is 5.92 Å². The molecule has 2 aromatic rings. The molecule has 1 saturated heterocycles. The van der Waals surface area contributed by atoms with Crippen LogP contribution in [0.5, 0.6) is 0 Å². The highest BCUT2D eigenvalue weighted by Gasteiger charge is 2.35. The lowest BCUT2D eigenvalue weighted by molar-refractivity contribution is -0.137. The number of nitrogens with zero attached hydrogens (tertiary/aromatic N) is 2. The maximum absolute atomic E-state index is 13.0. The molecule has 1 aromatic carbocycles. The normalized spacial score (nSPS) is 16.6. The Balaban J connectivity index is 1.65. The van der Waals surface area contributed by atoms with Crippen LogP contribution in [-0.2, 0) is 21.0 Å². The van der Waals surface area contributed by atoms with Crippen LogP contribution in [0.1, 0.15) is 30.0 Å². The van der Waals surface area contributed by atoms with Crippen LogP contribution in [0.2, 0.25) is 0 Å². The van der Waals surface area contributed by atoms with Crippen LogP contribution < -0.4 is 5.32 Å². The van der Waals surface area contributed by atoms with Crippen molar-refractivity contribution in [2.75, 3.05) is 26.2 Å². The Hall–Kier alpha value is -2.86. The molecule has 2 amide bonds. The molecule has 1 aromatic heterocycles.